The highest BCUT2D eigenvalue weighted by Crippen LogP contribution is 2.23. The Morgan fingerprint density at radius 2 is 1.61 bits per heavy atom. The number of rotatable bonds is 3. The lowest BCUT2D eigenvalue weighted by Crippen LogP contribution is -1.98. The summed E-state index contributed by atoms with van der Waals surface area (Å²) in [6.45, 7) is 3.80. The number of ether oxygens (including phenoxy) is 1. The topological polar surface area (TPSA) is 73.7 Å². The van der Waals surface area contributed by atoms with Gasteiger partial charge in [0.25, 0.3) is 0 Å². The number of nitrogens with zero attached hydrogens (tertiary/aromatic N) is 5. The van der Waals surface area contributed by atoms with E-state index in [1.807, 2.05) is 19.9 Å². The van der Waals surface area contributed by atoms with Crippen molar-refractivity contribution in [3.8, 4) is 6.01 Å². The molecular formula is C10H10ClN5OS. The molecule has 6 nitrogen and oxygen atoms in total. The van der Waals surface area contributed by atoms with Crippen molar-refractivity contribution in [2.45, 2.75) is 24.2 Å². The molecule has 0 radical (unpaired) electrons. The van der Waals surface area contributed by atoms with E-state index < -0.39 is 0 Å². The van der Waals surface area contributed by atoms with Crippen molar-refractivity contribution in [3.05, 3.63) is 22.7 Å². The molecule has 0 amide bonds. The van der Waals surface area contributed by atoms with Crippen LogP contribution in [0.4, 0.5) is 0 Å². The fourth-order valence-corrected chi connectivity index (χ4v) is 2.27. The van der Waals surface area contributed by atoms with Gasteiger partial charge in [-0.15, -0.1) is 0 Å². The van der Waals surface area contributed by atoms with Crippen molar-refractivity contribution >= 4 is 23.4 Å². The molecule has 2 rings (SSSR count). The van der Waals surface area contributed by atoms with Gasteiger partial charge in [0, 0.05) is 11.4 Å². The molecule has 0 aliphatic heterocycles. The Kier molecular flexibility index (Phi) is 3.93. The van der Waals surface area contributed by atoms with E-state index in [4.69, 9.17) is 16.3 Å². The summed E-state index contributed by atoms with van der Waals surface area (Å²) in [4.78, 5) is 20.4. The van der Waals surface area contributed by atoms with E-state index in [0.29, 0.717) is 10.3 Å². The molecule has 2 heterocycles. The third-order valence-corrected chi connectivity index (χ3v) is 2.79. The summed E-state index contributed by atoms with van der Waals surface area (Å²) in [5.41, 5.74) is 1.77. The van der Waals surface area contributed by atoms with Crippen molar-refractivity contribution in [1.29, 1.82) is 0 Å². The van der Waals surface area contributed by atoms with Crippen LogP contribution in [-0.4, -0.2) is 32.0 Å². The normalized spacial score (nSPS) is 10.4. The van der Waals surface area contributed by atoms with Crippen molar-refractivity contribution < 1.29 is 4.74 Å². The smallest absolute Gasteiger partial charge is 0.321 e. The van der Waals surface area contributed by atoms with Crippen molar-refractivity contribution in [2.24, 2.45) is 0 Å². The lowest BCUT2D eigenvalue weighted by molar-refractivity contribution is 0.373. The van der Waals surface area contributed by atoms with Crippen LogP contribution in [0, 0.1) is 13.8 Å². The van der Waals surface area contributed by atoms with Gasteiger partial charge in [-0.25, -0.2) is 9.97 Å². The average molecular weight is 284 g/mol. The summed E-state index contributed by atoms with van der Waals surface area (Å²) >= 11 is 6.97. The Bertz CT molecular complexity index is 560. The zero-order chi connectivity index (χ0) is 13.1. The van der Waals surface area contributed by atoms with Crippen molar-refractivity contribution in [1.82, 2.24) is 24.9 Å². The van der Waals surface area contributed by atoms with E-state index in [-0.39, 0.29) is 11.3 Å². The molecule has 0 saturated carbocycles. The number of aryl methyl sites for hydroxylation is 2. The molecule has 0 saturated heterocycles. The van der Waals surface area contributed by atoms with Gasteiger partial charge in [0.1, 0.15) is 0 Å². The maximum absolute atomic E-state index is 5.76. The third-order valence-electron chi connectivity index (χ3n) is 1.89. The minimum atomic E-state index is 0.0775. The van der Waals surface area contributed by atoms with Crippen molar-refractivity contribution in [3.63, 3.8) is 0 Å². The molecule has 2 aromatic heterocycles. The van der Waals surface area contributed by atoms with Gasteiger partial charge in [0.05, 0.1) is 7.11 Å². The first-order valence-electron chi connectivity index (χ1n) is 5.02. The molecule has 0 fully saturated rings. The largest absolute Gasteiger partial charge is 0.467 e. The van der Waals surface area contributed by atoms with E-state index in [0.717, 1.165) is 11.4 Å². The quantitative estimate of drug-likeness (QED) is 0.799. The zero-order valence-electron chi connectivity index (χ0n) is 10.0. The Labute approximate surface area is 113 Å². The summed E-state index contributed by atoms with van der Waals surface area (Å²) in [6, 6.07) is 2.06. The average Bonchev–Trinajstić information content (AvgIpc) is 2.26. The molecule has 18 heavy (non-hydrogen) atoms. The first-order chi connectivity index (χ1) is 8.56. The number of aromatic nitrogens is 5. The summed E-state index contributed by atoms with van der Waals surface area (Å²) < 4.78 is 4.92. The summed E-state index contributed by atoms with van der Waals surface area (Å²) in [5.74, 6) is 0. The Hall–Kier alpha value is -1.47. The second-order valence-electron chi connectivity index (χ2n) is 3.41. The lowest BCUT2D eigenvalue weighted by atomic mass is 10.4. The second kappa shape index (κ2) is 5.45. The first kappa shape index (κ1) is 13.0. The summed E-state index contributed by atoms with van der Waals surface area (Å²) in [7, 11) is 1.47. The zero-order valence-corrected chi connectivity index (χ0v) is 11.6. The van der Waals surface area contributed by atoms with E-state index >= 15 is 0 Å². The van der Waals surface area contributed by atoms with E-state index in [2.05, 4.69) is 24.9 Å². The van der Waals surface area contributed by atoms with Crippen molar-refractivity contribution in [2.75, 3.05) is 7.11 Å². The van der Waals surface area contributed by atoms with Gasteiger partial charge in [-0.2, -0.15) is 15.0 Å². The second-order valence-corrected chi connectivity index (χ2v) is 4.68. The molecule has 0 spiro atoms. The standard InChI is InChI=1S/C10H10ClN5OS/c1-5-4-6(2)13-9(12-5)18-10-15-7(11)14-8(16-10)17-3/h4H,1-3H3. The monoisotopic (exact) mass is 283 g/mol. The van der Waals surface area contributed by atoms with Crippen LogP contribution in [0.25, 0.3) is 0 Å². The fraction of sp³-hybridized carbons (Fsp3) is 0.300. The number of halogens is 1. The van der Waals surface area contributed by atoms with Gasteiger partial charge in [-0.3, -0.25) is 0 Å². The maximum Gasteiger partial charge on any atom is 0.321 e. The predicted octanol–water partition coefficient (Wildman–Crippen LogP) is 2.09. The highest BCUT2D eigenvalue weighted by molar-refractivity contribution is 7.99. The summed E-state index contributed by atoms with van der Waals surface area (Å²) in [5, 5.41) is 1.04. The number of hydrogen-bond acceptors (Lipinski definition) is 7. The van der Waals surface area contributed by atoms with Crippen LogP contribution in [0.2, 0.25) is 5.28 Å². The van der Waals surface area contributed by atoms with Gasteiger partial charge in [0.15, 0.2) is 5.16 Å². The molecule has 0 N–H and O–H groups in total. The van der Waals surface area contributed by atoms with Gasteiger partial charge < -0.3 is 4.74 Å². The minimum absolute atomic E-state index is 0.0775. The minimum Gasteiger partial charge on any atom is -0.467 e. The molecule has 8 heteroatoms. The van der Waals surface area contributed by atoms with Crippen LogP contribution in [-0.2, 0) is 0 Å². The van der Waals surface area contributed by atoms with E-state index in [1.165, 1.54) is 18.9 Å². The van der Waals surface area contributed by atoms with Gasteiger partial charge in [0.2, 0.25) is 10.4 Å². The van der Waals surface area contributed by atoms with Gasteiger partial charge in [-0.05, 0) is 43.3 Å². The van der Waals surface area contributed by atoms with Crippen LogP contribution in [0.5, 0.6) is 6.01 Å². The molecule has 0 bridgehead atoms. The number of hydrogen-bond donors (Lipinski definition) is 0. The highest BCUT2D eigenvalue weighted by Gasteiger charge is 2.09. The van der Waals surface area contributed by atoms with E-state index in [1.54, 1.807) is 0 Å². The SMILES string of the molecule is COc1nc(Cl)nc(Sc2nc(C)cc(C)n2)n1. The Morgan fingerprint density at radius 3 is 2.22 bits per heavy atom. The molecule has 2 aromatic rings. The fourth-order valence-electron chi connectivity index (χ4n) is 1.27. The molecule has 0 aromatic carbocycles. The molecule has 0 aliphatic rings. The Morgan fingerprint density at radius 1 is 1.00 bits per heavy atom. The molecular weight excluding hydrogens is 274 g/mol. The van der Waals surface area contributed by atoms with E-state index in [9.17, 15) is 0 Å². The molecule has 0 aliphatic carbocycles. The first-order valence-corrected chi connectivity index (χ1v) is 6.22. The highest BCUT2D eigenvalue weighted by atomic mass is 35.5. The molecule has 94 valence electrons. The number of methoxy groups -OCH3 is 1. The third kappa shape index (κ3) is 3.27. The van der Waals surface area contributed by atoms with Crippen LogP contribution in [0.3, 0.4) is 0 Å². The predicted molar refractivity (Wildman–Crippen MR) is 67.0 cm³/mol. The molecule has 0 atom stereocenters. The van der Waals surface area contributed by atoms with Crippen LogP contribution in [0.1, 0.15) is 11.4 Å². The van der Waals surface area contributed by atoms with Gasteiger partial charge >= 0.3 is 6.01 Å². The van der Waals surface area contributed by atoms with Gasteiger partial charge in [-0.1, -0.05) is 0 Å². The van der Waals surface area contributed by atoms with Crippen LogP contribution in [0.15, 0.2) is 16.4 Å². The Balaban J connectivity index is 2.30. The van der Waals surface area contributed by atoms with Crippen LogP contribution < -0.4 is 4.74 Å². The summed E-state index contributed by atoms with van der Waals surface area (Å²) in [6.07, 6.45) is 0. The van der Waals surface area contributed by atoms with Crippen LogP contribution >= 0.6 is 23.4 Å². The lowest BCUT2D eigenvalue weighted by Gasteiger charge is -2.03. The molecule has 0 unspecified atom stereocenters. The maximum atomic E-state index is 5.76.